The molecule has 0 saturated heterocycles. The van der Waals surface area contributed by atoms with Gasteiger partial charge in [0, 0.05) is 18.6 Å². The molecule has 0 bridgehead atoms. The van der Waals surface area contributed by atoms with Gasteiger partial charge in [-0.1, -0.05) is 30.1 Å². The summed E-state index contributed by atoms with van der Waals surface area (Å²) in [7, 11) is -2.48. The van der Waals surface area contributed by atoms with E-state index in [1.807, 2.05) is 0 Å². The van der Waals surface area contributed by atoms with Crippen LogP contribution in [0.15, 0.2) is 17.0 Å². The molecule has 1 N–H and O–H groups in total. The second-order valence-electron chi connectivity index (χ2n) is 3.49. The van der Waals surface area contributed by atoms with E-state index in [-0.39, 0.29) is 27.0 Å². The fraction of sp³-hybridized carbons (Fsp3) is 0.300. The van der Waals surface area contributed by atoms with Gasteiger partial charge in [0.1, 0.15) is 4.90 Å². The standard InChI is InChI=1S/C10H11Cl2NO4S/c1-3-13(2)18(16,17)8-5-6(11)4-7(9(8)12)10(14)15/h4-5H,3H2,1-2H3,(H,14,15). The number of rotatable bonds is 4. The third-order valence-corrected chi connectivity index (χ3v) is 5.06. The van der Waals surface area contributed by atoms with Gasteiger partial charge in [0.2, 0.25) is 10.0 Å². The van der Waals surface area contributed by atoms with Gasteiger partial charge in [-0.05, 0) is 12.1 Å². The zero-order valence-electron chi connectivity index (χ0n) is 9.65. The Hall–Kier alpha value is -0.820. The molecule has 18 heavy (non-hydrogen) atoms. The Balaban J connectivity index is 3.57. The SMILES string of the molecule is CCN(C)S(=O)(=O)c1cc(Cl)cc(C(=O)O)c1Cl. The lowest BCUT2D eigenvalue weighted by Gasteiger charge is -2.16. The van der Waals surface area contributed by atoms with Crippen molar-refractivity contribution in [2.75, 3.05) is 13.6 Å². The van der Waals surface area contributed by atoms with Crippen molar-refractivity contribution >= 4 is 39.2 Å². The first-order chi connectivity index (χ1) is 8.21. The summed E-state index contributed by atoms with van der Waals surface area (Å²) in [5, 5.41) is 8.58. The Labute approximate surface area is 115 Å². The van der Waals surface area contributed by atoms with Crippen LogP contribution in [-0.4, -0.2) is 37.4 Å². The molecule has 0 aliphatic carbocycles. The van der Waals surface area contributed by atoms with Crippen LogP contribution in [0.25, 0.3) is 0 Å². The maximum Gasteiger partial charge on any atom is 0.337 e. The normalized spacial score (nSPS) is 11.8. The fourth-order valence-corrected chi connectivity index (χ4v) is 3.30. The predicted molar refractivity (Wildman–Crippen MR) is 68.9 cm³/mol. The van der Waals surface area contributed by atoms with E-state index in [4.69, 9.17) is 28.3 Å². The highest BCUT2D eigenvalue weighted by atomic mass is 35.5. The summed E-state index contributed by atoms with van der Waals surface area (Å²) in [5.41, 5.74) is -0.341. The lowest BCUT2D eigenvalue weighted by Crippen LogP contribution is -2.27. The van der Waals surface area contributed by atoms with Gasteiger partial charge < -0.3 is 5.11 Å². The van der Waals surface area contributed by atoms with Gasteiger partial charge in [-0.25, -0.2) is 17.5 Å². The lowest BCUT2D eigenvalue weighted by atomic mass is 10.2. The Morgan fingerprint density at radius 1 is 1.39 bits per heavy atom. The van der Waals surface area contributed by atoms with Crippen molar-refractivity contribution in [3.63, 3.8) is 0 Å². The number of hydrogen-bond donors (Lipinski definition) is 1. The van der Waals surface area contributed by atoms with Gasteiger partial charge in [-0.2, -0.15) is 0 Å². The van der Waals surface area contributed by atoms with E-state index >= 15 is 0 Å². The minimum Gasteiger partial charge on any atom is -0.478 e. The van der Waals surface area contributed by atoms with Crippen molar-refractivity contribution in [1.82, 2.24) is 4.31 Å². The molecule has 0 atom stereocenters. The van der Waals surface area contributed by atoms with Gasteiger partial charge in [0.25, 0.3) is 0 Å². The summed E-state index contributed by atoms with van der Waals surface area (Å²) in [4.78, 5) is 10.6. The number of halogens is 2. The minimum atomic E-state index is -3.84. The monoisotopic (exact) mass is 311 g/mol. The molecule has 0 aliphatic rings. The van der Waals surface area contributed by atoms with Gasteiger partial charge in [0.15, 0.2) is 0 Å². The molecule has 0 radical (unpaired) electrons. The van der Waals surface area contributed by atoms with Crippen LogP contribution in [0.1, 0.15) is 17.3 Å². The molecule has 0 unspecified atom stereocenters. The van der Waals surface area contributed by atoms with Crippen LogP contribution in [-0.2, 0) is 10.0 Å². The first-order valence-electron chi connectivity index (χ1n) is 4.90. The second kappa shape index (κ2) is 5.44. The Morgan fingerprint density at radius 3 is 2.39 bits per heavy atom. The first kappa shape index (κ1) is 15.2. The number of carbonyl (C=O) groups is 1. The molecule has 0 heterocycles. The van der Waals surface area contributed by atoms with E-state index < -0.39 is 16.0 Å². The van der Waals surface area contributed by atoms with Gasteiger partial charge in [-0.3, -0.25) is 0 Å². The summed E-state index contributed by atoms with van der Waals surface area (Å²) in [5.74, 6) is -1.34. The molecule has 1 aromatic rings. The highest BCUT2D eigenvalue weighted by molar-refractivity contribution is 7.89. The van der Waals surface area contributed by atoms with E-state index in [1.165, 1.54) is 7.05 Å². The third-order valence-electron chi connectivity index (χ3n) is 2.37. The van der Waals surface area contributed by atoms with Crippen LogP contribution in [0.4, 0.5) is 0 Å². The van der Waals surface area contributed by atoms with Gasteiger partial charge in [0.05, 0.1) is 10.6 Å². The molecule has 1 aromatic carbocycles. The summed E-state index contributed by atoms with van der Waals surface area (Å²) in [6.45, 7) is 1.88. The second-order valence-corrected chi connectivity index (χ2v) is 6.32. The van der Waals surface area contributed by atoms with Crippen molar-refractivity contribution in [1.29, 1.82) is 0 Å². The smallest absolute Gasteiger partial charge is 0.337 e. The van der Waals surface area contributed by atoms with Crippen LogP contribution < -0.4 is 0 Å². The number of carboxylic acid groups (broad SMARTS) is 1. The molecule has 0 aromatic heterocycles. The molecule has 5 nitrogen and oxygen atoms in total. The predicted octanol–water partition coefficient (Wildman–Crippen LogP) is 2.33. The molecule has 0 saturated carbocycles. The number of sulfonamides is 1. The van der Waals surface area contributed by atoms with E-state index in [0.717, 1.165) is 16.4 Å². The summed E-state index contributed by atoms with van der Waals surface area (Å²) in [6, 6.07) is 2.25. The van der Waals surface area contributed by atoms with Gasteiger partial charge in [-0.15, -0.1) is 0 Å². The quantitative estimate of drug-likeness (QED) is 0.926. The Bertz CT molecular complexity index is 586. The lowest BCUT2D eigenvalue weighted by molar-refractivity contribution is 0.0697. The summed E-state index contributed by atoms with van der Waals surface area (Å²) < 4.78 is 25.3. The Morgan fingerprint density at radius 2 is 1.94 bits per heavy atom. The molecule has 0 fully saturated rings. The molecule has 0 aliphatic heterocycles. The van der Waals surface area contributed by atoms with Crippen molar-refractivity contribution in [3.8, 4) is 0 Å². The average Bonchev–Trinajstić information content (AvgIpc) is 2.29. The molecule has 0 amide bonds. The molecule has 100 valence electrons. The highest BCUT2D eigenvalue weighted by Gasteiger charge is 2.26. The molecule has 0 spiro atoms. The van der Waals surface area contributed by atoms with Crippen LogP contribution in [0, 0.1) is 0 Å². The van der Waals surface area contributed by atoms with E-state index in [1.54, 1.807) is 6.92 Å². The highest BCUT2D eigenvalue weighted by Crippen LogP contribution is 2.31. The number of benzene rings is 1. The zero-order valence-corrected chi connectivity index (χ0v) is 12.0. The summed E-state index contributed by atoms with van der Waals surface area (Å²) in [6.07, 6.45) is 0. The van der Waals surface area contributed by atoms with Crippen LogP contribution in [0.2, 0.25) is 10.0 Å². The van der Waals surface area contributed by atoms with E-state index in [0.29, 0.717) is 0 Å². The number of aromatic carboxylic acids is 1. The topological polar surface area (TPSA) is 74.7 Å². The van der Waals surface area contributed by atoms with Crippen LogP contribution >= 0.6 is 23.2 Å². The first-order valence-corrected chi connectivity index (χ1v) is 7.10. The Kier molecular flexibility index (Phi) is 4.61. The van der Waals surface area contributed by atoms with Crippen LogP contribution in [0.5, 0.6) is 0 Å². The number of hydrogen-bond acceptors (Lipinski definition) is 3. The summed E-state index contributed by atoms with van der Waals surface area (Å²) >= 11 is 11.5. The maximum atomic E-state index is 12.1. The minimum absolute atomic E-state index is 0.000113. The van der Waals surface area contributed by atoms with Crippen molar-refractivity contribution in [3.05, 3.63) is 27.7 Å². The number of nitrogens with zero attached hydrogens (tertiary/aromatic N) is 1. The zero-order chi connectivity index (χ0) is 14.1. The van der Waals surface area contributed by atoms with Crippen molar-refractivity contribution in [2.24, 2.45) is 0 Å². The van der Waals surface area contributed by atoms with E-state index in [2.05, 4.69) is 0 Å². The maximum absolute atomic E-state index is 12.1. The average molecular weight is 312 g/mol. The van der Waals surface area contributed by atoms with Gasteiger partial charge >= 0.3 is 5.97 Å². The molecular weight excluding hydrogens is 301 g/mol. The largest absolute Gasteiger partial charge is 0.478 e. The molecule has 1 rings (SSSR count). The number of carboxylic acids is 1. The third kappa shape index (κ3) is 2.77. The van der Waals surface area contributed by atoms with Crippen molar-refractivity contribution in [2.45, 2.75) is 11.8 Å². The van der Waals surface area contributed by atoms with Crippen LogP contribution in [0.3, 0.4) is 0 Å². The molecular formula is C10H11Cl2NO4S. The van der Waals surface area contributed by atoms with E-state index in [9.17, 15) is 13.2 Å². The molecule has 8 heteroatoms. The van der Waals surface area contributed by atoms with Crippen molar-refractivity contribution < 1.29 is 18.3 Å². The fourth-order valence-electron chi connectivity index (χ4n) is 1.25.